The van der Waals surface area contributed by atoms with E-state index >= 15 is 0 Å². The van der Waals surface area contributed by atoms with Gasteiger partial charge < -0.3 is 10.6 Å². The van der Waals surface area contributed by atoms with Gasteiger partial charge in [-0.3, -0.25) is 9.59 Å². The van der Waals surface area contributed by atoms with Gasteiger partial charge in [-0.15, -0.1) is 0 Å². The van der Waals surface area contributed by atoms with Crippen molar-refractivity contribution in [2.45, 2.75) is 64.3 Å². The maximum atomic E-state index is 13.1. The zero-order valence-corrected chi connectivity index (χ0v) is 14.6. The first-order valence-corrected chi connectivity index (χ1v) is 8.89. The number of benzene rings is 1. The van der Waals surface area contributed by atoms with Gasteiger partial charge in [0, 0.05) is 23.4 Å². The van der Waals surface area contributed by atoms with E-state index in [1.165, 1.54) is 0 Å². The van der Waals surface area contributed by atoms with Crippen LogP contribution in [0.5, 0.6) is 0 Å². The summed E-state index contributed by atoms with van der Waals surface area (Å²) in [6, 6.07) is 7.87. The lowest BCUT2D eigenvalue weighted by molar-refractivity contribution is -0.123. The lowest BCUT2D eigenvalue weighted by Gasteiger charge is -2.38. The van der Waals surface area contributed by atoms with Crippen molar-refractivity contribution >= 4 is 17.4 Å². The molecule has 0 atom stereocenters. The SMILES string of the molecule is CC1=C(NC2(C(=O)Nc3cccc(C)c3)CCCCC2)CCC1=O. The summed E-state index contributed by atoms with van der Waals surface area (Å²) in [6.45, 7) is 3.88. The van der Waals surface area contributed by atoms with Crippen LogP contribution in [0.25, 0.3) is 0 Å². The number of nitrogens with one attached hydrogen (secondary N) is 2. The zero-order valence-electron chi connectivity index (χ0n) is 14.6. The van der Waals surface area contributed by atoms with Crippen molar-refractivity contribution < 1.29 is 9.59 Å². The highest BCUT2D eigenvalue weighted by Gasteiger charge is 2.41. The molecule has 0 aromatic heterocycles. The Bertz CT molecular complexity index is 685. The molecule has 0 aliphatic heterocycles. The van der Waals surface area contributed by atoms with Gasteiger partial charge in [0.25, 0.3) is 0 Å². The molecule has 0 saturated heterocycles. The van der Waals surface area contributed by atoms with E-state index in [2.05, 4.69) is 10.6 Å². The molecular formula is C20H26N2O2. The van der Waals surface area contributed by atoms with E-state index in [1.807, 2.05) is 38.1 Å². The highest BCUT2D eigenvalue weighted by atomic mass is 16.2. The van der Waals surface area contributed by atoms with Gasteiger partial charge in [-0.2, -0.15) is 0 Å². The Balaban J connectivity index is 1.82. The highest BCUT2D eigenvalue weighted by Crippen LogP contribution is 2.33. The molecule has 4 nitrogen and oxygen atoms in total. The van der Waals surface area contributed by atoms with Crippen LogP contribution in [0.15, 0.2) is 35.5 Å². The molecule has 0 unspecified atom stereocenters. The molecular weight excluding hydrogens is 300 g/mol. The molecule has 1 saturated carbocycles. The second-order valence-corrected chi connectivity index (χ2v) is 7.12. The van der Waals surface area contributed by atoms with Crippen molar-refractivity contribution in [3.63, 3.8) is 0 Å². The number of anilines is 1. The minimum atomic E-state index is -0.594. The van der Waals surface area contributed by atoms with Gasteiger partial charge in [0.2, 0.25) is 5.91 Å². The number of carbonyl (C=O) groups is 2. The topological polar surface area (TPSA) is 58.2 Å². The van der Waals surface area contributed by atoms with Gasteiger partial charge in [-0.1, -0.05) is 31.4 Å². The number of Topliss-reactive ketones (excluding diaryl/α,β-unsaturated/α-hetero) is 1. The fourth-order valence-electron chi connectivity index (χ4n) is 3.76. The van der Waals surface area contributed by atoms with E-state index in [0.29, 0.717) is 6.42 Å². The van der Waals surface area contributed by atoms with Crippen molar-refractivity contribution in [2.75, 3.05) is 5.32 Å². The first-order chi connectivity index (χ1) is 11.5. The average molecular weight is 326 g/mol. The standard InChI is InChI=1S/C20H26N2O2/c1-14-7-6-8-16(13-14)21-19(24)20(11-4-3-5-12-20)22-17-9-10-18(23)15(17)2/h6-8,13,22H,3-5,9-12H2,1-2H3,(H,21,24). The Kier molecular flexibility index (Phi) is 4.74. The van der Waals surface area contributed by atoms with Gasteiger partial charge in [0.05, 0.1) is 0 Å². The number of aryl methyl sites for hydroxylation is 1. The molecule has 2 aliphatic carbocycles. The van der Waals surface area contributed by atoms with Gasteiger partial charge >= 0.3 is 0 Å². The Morgan fingerprint density at radius 2 is 1.83 bits per heavy atom. The molecule has 1 aromatic carbocycles. The summed E-state index contributed by atoms with van der Waals surface area (Å²) >= 11 is 0. The number of hydrogen-bond donors (Lipinski definition) is 2. The third kappa shape index (κ3) is 3.37. The summed E-state index contributed by atoms with van der Waals surface area (Å²) in [7, 11) is 0. The van der Waals surface area contributed by atoms with Crippen LogP contribution in [0.4, 0.5) is 5.69 Å². The first kappa shape index (κ1) is 16.7. The van der Waals surface area contributed by atoms with Crippen molar-refractivity contribution in [1.82, 2.24) is 5.32 Å². The van der Waals surface area contributed by atoms with Gasteiger partial charge in [0.1, 0.15) is 5.54 Å². The predicted octanol–water partition coefficient (Wildman–Crippen LogP) is 3.86. The molecule has 0 radical (unpaired) electrons. The number of ketones is 1. The monoisotopic (exact) mass is 326 g/mol. The van der Waals surface area contributed by atoms with E-state index in [9.17, 15) is 9.59 Å². The summed E-state index contributed by atoms with van der Waals surface area (Å²) in [5.41, 5.74) is 3.12. The normalized spacial score (nSPS) is 20.2. The van der Waals surface area contributed by atoms with Crippen LogP contribution in [0.2, 0.25) is 0 Å². The second-order valence-electron chi connectivity index (χ2n) is 7.12. The summed E-state index contributed by atoms with van der Waals surface area (Å²) < 4.78 is 0. The van der Waals surface area contributed by atoms with Crippen molar-refractivity contribution in [3.05, 3.63) is 41.1 Å². The van der Waals surface area contributed by atoms with Crippen LogP contribution in [0, 0.1) is 6.92 Å². The zero-order chi connectivity index (χ0) is 17.2. The molecule has 0 bridgehead atoms. The summed E-state index contributed by atoms with van der Waals surface area (Å²) in [6.07, 6.45) is 6.15. The Labute approximate surface area is 143 Å². The number of allylic oxidation sites excluding steroid dienone is 2. The fourth-order valence-corrected chi connectivity index (χ4v) is 3.76. The van der Waals surface area contributed by atoms with Crippen molar-refractivity contribution in [3.8, 4) is 0 Å². The minimum Gasteiger partial charge on any atom is -0.374 e. The van der Waals surface area contributed by atoms with E-state index < -0.39 is 5.54 Å². The summed E-state index contributed by atoms with van der Waals surface area (Å²) in [5.74, 6) is 0.218. The number of amides is 1. The Morgan fingerprint density at radius 3 is 2.46 bits per heavy atom. The molecule has 4 heteroatoms. The minimum absolute atomic E-state index is 0.0208. The van der Waals surface area contributed by atoms with Gasteiger partial charge in [-0.25, -0.2) is 0 Å². The third-order valence-electron chi connectivity index (χ3n) is 5.28. The third-order valence-corrected chi connectivity index (χ3v) is 5.28. The maximum absolute atomic E-state index is 13.1. The first-order valence-electron chi connectivity index (χ1n) is 8.89. The summed E-state index contributed by atoms with van der Waals surface area (Å²) in [4.78, 5) is 24.9. The Morgan fingerprint density at radius 1 is 1.08 bits per heavy atom. The average Bonchev–Trinajstić information content (AvgIpc) is 2.88. The molecule has 1 fully saturated rings. The quantitative estimate of drug-likeness (QED) is 0.883. The molecule has 2 aliphatic rings. The maximum Gasteiger partial charge on any atom is 0.250 e. The van der Waals surface area contributed by atoms with E-state index in [1.54, 1.807) is 0 Å². The number of hydrogen-bond acceptors (Lipinski definition) is 3. The molecule has 128 valence electrons. The van der Waals surface area contributed by atoms with Crippen molar-refractivity contribution in [1.29, 1.82) is 0 Å². The Hall–Kier alpha value is -2.10. The number of rotatable bonds is 4. The van der Waals surface area contributed by atoms with Crippen LogP contribution in [-0.2, 0) is 9.59 Å². The van der Waals surface area contributed by atoms with Crippen LogP contribution in [-0.4, -0.2) is 17.2 Å². The lowest BCUT2D eigenvalue weighted by Crippen LogP contribution is -2.55. The van der Waals surface area contributed by atoms with Crippen LogP contribution < -0.4 is 10.6 Å². The van der Waals surface area contributed by atoms with Gasteiger partial charge in [-0.05, 0) is 50.8 Å². The fraction of sp³-hybridized carbons (Fsp3) is 0.500. The van der Waals surface area contributed by atoms with E-state index in [4.69, 9.17) is 0 Å². The highest BCUT2D eigenvalue weighted by molar-refractivity contribution is 6.00. The molecule has 2 N–H and O–H groups in total. The van der Waals surface area contributed by atoms with Crippen LogP contribution in [0.1, 0.15) is 57.4 Å². The second kappa shape index (κ2) is 6.80. The molecule has 0 heterocycles. The number of carbonyl (C=O) groups excluding carboxylic acids is 2. The predicted molar refractivity (Wildman–Crippen MR) is 95.7 cm³/mol. The van der Waals surface area contributed by atoms with Crippen LogP contribution in [0.3, 0.4) is 0 Å². The largest absolute Gasteiger partial charge is 0.374 e. The molecule has 1 aromatic rings. The van der Waals surface area contributed by atoms with E-state index in [0.717, 1.165) is 61.0 Å². The van der Waals surface area contributed by atoms with E-state index in [-0.39, 0.29) is 11.7 Å². The molecule has 0 spiro atoms. The molecule has 1 amide bonds. The smallest absolute Gasteiger partial charge is 0.250 e. The molecule has 3 rings (SSSR count). The summed E-state index contributed by atoms with van der Waals surface area (Å²) in [5, 5.41) is 6.58. The van der Waals surface area contributed by atoms with Crippen molar-refractivity contribution in [2.24, 2.45) is 0 Å². The van der Waals surface area contributed by atoms with Gasteiger partial charge in [0.15, 0.2) is 5.78 Å². The molecule has 24 heavy (non-hydrogen) atoms. The van der Waals surface area contributed by atoms with Crippen LogP contribution >= 0.6 is 0 Å². The lowest BCUT2D eigenvalue weighted by atomic mass is 9.80.